The number of halogens is 1. The average Bonchev–Trinajstić information content (AvgIpc) is 2.27. The van der Waals surface area contributed by atoms with E-state index in [0.29, 0.717) is 0 Å². The van der Waals surface area contributed by atoms with Crippen molar-refractivity contribution in [2.45, 2.75) is 0 Å². The van der Waals surface area contributed by atoms with E-state index in [1.54, 1.807) is 6.20 Å². The second kappa shape index (κ2) is 4.04. The summed E-state index contributed by atoms with van der Waals surface area (Å²) in [6.45, 7) is 0. The predicted molar refractivity (Wildman–Crippen MR) is 52.0 cm³/mol. The molecule has 0 N–H and O–H groups in total. The predicted octanol–water partition coefficient (Wildman–Crippen LogP) is -0.906. The van der Waals surface area contributed by atoms with Crippen LogP contribution >= 0.6 is 0 Å². The Hall–Kier alpha value is -0.970. The summed E-state index contributed by atoms with van der Waals surface area (Å²) < 4.78 is 0.287. The van der Waals surface area contributed by atoms with Crippen LogP contribution in [0, 0.1) is 0 Å². The minimum absolute atomic E-state index is 0.287. The van der Waals surface area contributed by atoms with Gasteiger partial charge in [-0.15, -0.1) is 0 Å². The third kappa shape index (κ3) is 1.77. The molecule has 1 aromatic carbocycles. The number of carbonyl (C=O) groups excluding carboxylic acids is 1. The second-order valence-electron chi connectivity index (χ2n) is 2.87. The molecule has 0 saturated heterocycles. The number of hydrogen-bond donors (Lipinski definition) is 0. The van der Waals surface area contributed by atoms with Crippen LogP contribution in [-0.4, -0.2) is 13.7 Å². The molecular weight excluding hydrogens is 289 g/mol. The normalized spacial score (nSPS) is 10.6. The number of hydrogen-bond acceptors (Lipinski definition) is 2. The van der Waals surface area contributed by atoms with Gasteiger partial charge in [-0.3, -0.25) is 0 Å². The second-order valence-corrected chi connectivity index (χ2v) is 4.93. The Bertz CT molecular complexity index is 481. The standard InChI is InChI=1S/C11H9INO/c1-12-11(14)9-4-5-10-8(7-9)3-2-6-13-10/h2-7H,1H3/q-1. The zero-order valence-electron chi connectivity index (χ0n) is 7.70. The molecule has 2 nitrogen and oxygen atoms in total. The van der Waals surface area contributed by atoms with Gasteiger partial charge in [-0.25, -0.2) is 0 Å². The van der Waals surface area contributed by atoms with Crippen LogP contribution in [-0.2, 0) is 0 Å². The number of alkyl halides is 1. The number of fused-ring (bicyclic) bond motifs is 1. The van der Waals surface area contributed by atoms with E-state index >= 15 is 0 Å². The molecule has 0 unspecified atom stereocenters. The van der Waals surface area contributed by atoms with Crippen molar-refractivity contribution in [2.24, 2.45) is 0 Å². The number of carbonyl (C=O) groups is 1. The van der Waals surface area contributed by atoms with Gasteiger partial charge in [-0.2, -0.15) is 0 Å². The number of rotatable bonds is 2. The van der Waals surface area contributed by atoms with Crippen LogP contribution in [0.15, 0.2) is 36.5 Å². The zero-order valence-corrected chi connectivity index (χ0v) is 9.86. The molecular formula is C11H9INO-. The Morgan fingerprint density at radius 2 is 2.21 bits per heavy atom. The van der Waals surface area contributed by atoms with Gasteiger partial charge in [0.25, 0.3) is 0 Å². The van der Waals surface area contributed by atoms with E-state index in [0.717, 1.165) is 16.5 Å². The van der Waals surface area contributed by atoms with Crippen molar-refractivity contribution in [1.82, 2.24) is 4.98 Å². The molecule has 0 aliphatic rings. The summed E-state index contributed by atoms with van der Waals surface area (Å²) in [6.07, 6.45) is 1.76. The molecule has 0 aliphatic carbocycles. The van der Waals surface area contributed by atoms with Crippen LogP contribution in [0.3, 0.4) is 0 Å². The van der Waals surface area contributed by atoms with Gasteiger partial charge in [-0.1, -0.05) is 0 Å². The van der Waals surface area contributed by atoms with Crippen molar-refractivity contribution in [1.29, 1.82) is 0 Å². The van der Waals surface area contributed by atoms with Crippen LogP contribution in [0.25, 0.3) is 10.9 Å². The Labute approximate surface area is 92.6 Å². The number of aromatic nitrogens is 1. The summed E-state index contributed by atoms with van der Waals surface area (Å²) in [7, 11) is 0. The van der Waals surface area contributed by atoms with Crippen molar-refractivity contribution in [3.63, 3.8) is 0 Å². The van der Waals surface area contributed by atoms with E-state index in [2.05, 4.69) is 4.98 Å². The zero-order chi connectivity index (χ0) is 9.97. The first kappa shape index (κ1) is 9.58. The molecule has 0 atom stereocenters. The van der Waals surface area contributed by atoms with Crippen LogP contribution in [0.2, 0.25) is 0 Å². The van der Waals surface area contributed by atoms with Crippen molar-refractivity contribution >= 4 is 14.7 Å². The fourth-order valence-electron chi connectivity index (χ4n) is 1.31. The summed E-state index contributed by atoms with van der Waals surface area (Å²) in [5.41, 5.74) is 1.76. The maximum atomic E-state index is 11.5. The van der Waals surface area contributed by atoms with E-state index in [4.69, 9.17) is 0 Å². The van der Waals surface area contributed by atoms with E-state index in [-0.39, 0.29) is 25.0 Å². The molecule has 0 fully saturated rings. The van der Waals surface area contributed by atoms with Gasteiger partial charge in [0.05, 0.1) is 0 Å². The Balaban J connectivity index is 2.56. The van der Waals surface area contributed by atoms with Crippen molar-refractivity contribution < 1.29 is 26.0 Å². The molecule has 1 aromatic heterocycles. The van der Waals surface area contributed by atoms with E-state index < -0.39 is 0 Å². The van der Waals surface area contributed by atoms with Crippen LogP contribution in [0.5, 0.6) is 0 Å². The molecule has 1 heterocycles. The maximum absolute atomic E-state index is 11.5. The number of nitrogens with zero attached hydrogens (tertiary/aromatic N) is 1. The quantitative estimate of drug-likeness (QED) is 0.408. The van der Waals surface area contributed by atoms with Gasteiger partial charge >= 0.3 is 92.7 Å². The van der Waals surface area contributed by atoms with Crippen molar-refractivity contribution in [3.05, 3.63) is 42.1 Å². The Kier molecular flexibility index (Phi) is 2.77. The molecule has 0 radical (unpaired) electrons. The number of benzene rings is 1. The molecule has 2 aromatic rings. The van der Waals surface area contributed by atoms with Crippen LogP contribution in [0.1, 0.15) is 10.4 Å². The SMILES string of the molecule is C[I-]C(=O)c1ccc2ncccc2c1. The van der Waals surface area contributed by atoms with Gasteiger partial charge < -0.3 is 0 Å². The first-order valence-electron chi connectivity index (χ1n) is 4.20. The third-order valence-corrected chi connectivity index (χ3v) is 3.60. The van der Waals surface area contributed by atoms with Gasteiger partial charge in [0, 0.05) is 0 Å². The fourth-order valence-corrected chi connectivity index (χ4v) is 2.27. The summed E-state index contributed by atoms with van der Waals surface area (Å²) in [6, 6.07) is 9.56. The molecule has 0 amide bonds. The molecule has 0 bridgehead atoms. The van der Waals surface area contributed by atoms with Crippen LogP contribution < -0.4 is 21.2 Å². The molecule has 3 heteroatoms. The van der Waals surface area contributed by atoms with E-state index in [1.165, 1.54) is 0 Å². The summed E-state index contributed by atoms with van der Waals surface area (Å²) in [5.74, 6) is 0. The number of pyridine rings is 1. The van der Waals surface area contributed by atoms with Gasteiger partial charge in [0.1, 0.15) is 0 Å². The van der Waals surface area contributed by atoms with Crippen molar-refractivity contribution in [3.8, 4) is 0 Å². The monoisotopic (exact) mass is 298 g/mol. The van der Waals surface area contributed by atoms with Crippen LogP contribution in [0.4, 0.5) is 0 Å². The molecule has 0 aliphatic heterocycles. The van der Waals surface area contributed by atoms with E-state index in [1.807, 2.05) is 35.3 Å². The minimum atomic E-state index is -0.350. The molecule has 72 valence electrons. The van der Waals surface area contributed by atoms with E-state index in [9.17, 15) is 4.79 Å². The molecule has 0 saturated carbocycles. The van der Waals surface area contributed by atoms with Gasteiger partial charge in [-0.05, 0) is 0 Å². The summed E-state index contributed by atoms with van der Waals surface area (Å²) >= 11 is -0.350. The van der Waals surface area contributed by atoms with Gasteiger partial charge in [0.15, 0.2) is 0 Å². The van der Waals surface area contributed by atoms with Gasteiger partial charge in [0.2, 0.25) is 0 Å². The molecule has 2 rings (SSSR count). The third-order valence-electron chi connectivity index (χ3n) is 2.00. The summed E-state index contributed by atoms with van der Waals surface area (Å²) in [5, 5.41) is 1.04. The first-order chi connectivity index (χ1) is 6.81. The molecule has 14 heavy (non-hydrogen) atoms. The summed E-state index contributed by atoms with van der Waals surface area (Å²) in [4.78, 5) is 17.7. The van der Waals surface area contributed by atoms with Crippen molar-refractivity contribution in [2.75, 3.05) is 4.93 Å². The fraction of sp³-hybridized carbons (Fsp3) is 0.0909. The Morgan fingerprint density at radius 3 is 3.00 bits per heavy atom. The average molecular weight is 298 g/mol. The Morgan fingerprint density at radius 1 is 1.36 bits per heavy atom. The topological polar surface area (TPSA) is 30.0 Å². The first-order valence-corrected chi connectivity index (χ1v) is 7.43. The molecule has 0 spiro atoms.